The van der Waals surface area contributed by atoms with Crippen LogP contribution in [-0.2, 0) is 11.0 Å². The fourth-order valence-electron chi connectivity index (χ4n) is 1.11. The fourth-order valence-corrected chi connectivity index (χ4v) is 1.70. The van der Waals surface area contributed by atoms with Crippen molar-refractivity contribution in [3.8, 4) is 0 Å². The van der Waals surface area contributed by atoms with Gasteiger partial charge in [0.15, 0.2) is 0 Å². The Morgan fingerprint density at radius 3 is 2.22 bits per heavy atom. The number of alkyl halides is 4. The van der Waals surface area contributed by atoms with Crippen LogP contribution in [0, 0.1) is 0 Å². The van der Waals surface area contributed by atoms with E-state index in [4.69, 9.17) is 0 Å². The molecule has 100 valence electrons. The van der Waals surface area contributed by atoms with Gasteiger partial charge in [0.05, 0.1) is 9.89 Å². The Hall–Kier alpha value is -0.560. The highest BCUT2D eigenvalue weighted by atomic mass is 79.9. The lowest BCUT2D eigenvalue weighted by molar-refractivity contribution is -0.137. The van der Waals surface area contributed by atoms with Crippen LogP contribution in [0.4, 0.5) is 18.9 Å². The molecule has 0 unspecified atom stereocenters. The summed E-state index contributed by atoms with van der Waals surface area (Å²) >= 11 is 6.11. The Balaban J connectivity index is 3.05. The molecule has 0 fully saturated rings. The van der Waals surface area contributed by atoms with E-state index in [1.807, 2.05) is 0 Å². The summed E-state index contributed by atoms with van der Waals surface area (Å²) in [5, 5.41) is 2.42. The van der Waals surface area contributed by atoms with Crippen LogP contribution in [-0.4, -0.2) is 10.2 Å². The molecule has 0 atom stereocenters. The third-order valence-electron chi connectivity index (χ3n) is 2.02. The van der Waals surface area contributed by atoms with Crippen molar-refractivity contribution in [1.29, 1.82) is 0 Å². The Morgan fingerprint density at radius 1 is 1.22 bits per heavy atom. The van der Waals surface area contributed by atoms with Crippen molar-refractivity contribution in [3.63, 3.8) is 0 Å². The third kappa shape index (κ3) is 4.28. The first-order valence-corrected chi connectivity index (χ1v) is 6.47. The fraction of sp³-hybridized carbons (Fsp3) is 0.364. The SMILES string of the molecule is CC(C)(Br)C(=O)Nc1cc(Br)cc(C(F)(F)F)c1. The van der Waals surface area contributed by atoms with Crippen molar-refractivity contribution in [3.05, 3.63) is 28.2 Å². The molecular formula is C11H10Br2F3NO. The summed E-state index contributed by atoms with van der Waals surface area (Å²) in [5.41, 5.74) is -0.728. The predicted octanol–water partition coefficient (Wildman–Crippen LogP) is 4.58. The number of rotatable bonds is 2. The number of benzene rings is 1. The summed E-state index contributed by atoms with van der Waals surface area (Å²) in [5.74, 6) is -0.422. The van der Waals surface area contributed by atoms with Crippen LogP contribution in [0.5, 0.6) is 0 Å². The molecule has 18 heavy (non-hydrogen) atoms. The van der Waals surface area contributed by atoms with Crippen molar-refractivity contribution in [2.75, 3.05) is 5.32 Å². The second kappa shape index (κ2) is 5.21. The monoisotopic (exact) mass is 387 g/mol. The largest absolute Gasteiger partial charge is 0.416 e. The number of hydrogen-bond donors (Lipinski definition) is 1. The topological polar surface area (TPSA) is 29.1 Å². The van der Waals surface area contributed by atoms with Crippen molar-refractivity contribution in [2.45, 2.75) is 24.3 Å². The van der Waals surface area contributed by atoms with Gasteiger partial charge in [0.1, 0.15) is 0 Å². The smallest absolute Gasteiger partial charge is 0.325 e. The molecule has 0 saturated carbocycles. The zero-order valence-electron chi connectivity index (χ0n) is 9.53. The molecule has 0 aliphatic carbocycles. The molecule has 0 aliphatic rings. The molecule has 1 N–H and O–H groups in total. The molecule has 0 aromatic heterocycles. The van der Waals surface area contributed by atoms with Gasteiger partial charge >= 0.3 is 6.18 Å². The van der Waals surface area contributed by atoms with Gasteiger partial charge in [0.2, 0.25) is 5.91 Å². The lowest BCUT2D eigenvalue weighted by Crippen LogP contribution is -2.31. The highest BCUT2D eigenvalue weighted by Crippen LogP contribution is 2.33. The second-order valence-electron chi connectivity index (χ2n) is 4.15. The first-order valence-electron chi connectivity index (χ1n) is 4.88. The molecule has 0 heterocycles. The maximum atomic E-state index is 12.6. The minimum atomic E-state index is -4.45. The molecule has 7 heteroatoms. The Bertz CT molecular complexity index is 466. The number of hydrogen-bond acceptors (Lipinski definition) is 1. The summed E-state index contributed by atoms with van der Waals surface area (Å²) in [6, 6.07) is 3.25. The Morgan fingerprint density at radius 2 is 1.78 bits per heavy atom. The summed E-state index contributed by atoms with van der Waals surface area (Å²) in [6.45, 7) is 3.20. The number of anilines is 1. The van der Waals surface area contributed by atoms with E-state index in [2.05, 4.69) is 37.2 Å². The summed E-state index contributed by atoms with van der Waals surface area (Å²) in [7, 11) is 0. The van der Waals surface area contributed by atoms with Gasteiger partial charge < -0.3 is 5.32 Å². The molecule has 0 aliphatic heterocycles. The van der Waals surface area contributed by atoms with E-state index in [1.54, 1.807) is 13.8 Å². The Kier molecular flexibility index (Phi) is 4.48. The molecule has 0 saturated heterocycles. The molecule has 0 spiro atoms. The maximum Gasteiger partial charge on any atom is 0.416 e. The van der Waals surface area contributed by atoms with Crippen LogP contribution in [0.25, 0.3) is 0 Å². The number of nitrogens with one attached hydrogen (secondary N) is 1. The lowest BCUT2D eigenvalue weighted by atomic mass is 10.1. The number of amides is 1. The van der Waals surface area contributed by atoms with Crippen molar-refractivity contribution < 1.29 is 18.0 Å². The molecule has 0 radical (unpaired) electrons. The van der Waals surface area contributed by atoms with E-state index in [9.17, 15) is 18.0 Å². The molecule has 1 rings (SSSR count). The Labute approximate surface area is 119 Å². The van der Waals surface area contributed by atoms with Gasteiger partial charge in [-0.05, 0) is 32.0 Å². The number of carbonyl (C=O) groups excluding carboxylic acids is 1. The second-order valence-corrected chi connectivity index (χ2v) is 7.05. The van der Waals surface area contributed by atoms with Gasteiger partial charge in [0, 0.05) is 10.2 Å². The van der Waals surface area contributed by atoms with E-state index in [0.717, 1.165) is 12.1 Å². The van der Waals surface area contributed by atoms with E-state index in [1.165, 1.54) is 6.07 Å². The van der Waals surface area contributed by atoms with Crippen LogP contribution in [0.3, 0.4) is 0 Å². The minimum Gasteiger partial charge on any atom is -0.325 e. The number of halogens is 5. The van der Waals surface area contributed by atoms with Gasteiger partial charge in [0.25, 0.3) is 0 Å². The highest BCUT2D eigenvalue weighted by Gasteiger charge is 2.31. The minimum absolute atomic E-state index is 0.0919. The van der Waals surface area contributed by atoms with E-state index >= 15 is 0 Å². The first kappa shape index (κ1) is 15.5. The van der Waals surface area contributed by atoms with Gasteiger partial charge in [-0.1, -0.05) is 31.9 Å². The van der Waals surface area contributed by atoms with E-state index in [-0.39, 0.29) is 10.2 Å². The molecule has 1 aromatic carbocycles. The van der Waals surface area contributed by atoms with E-state index < -0.39 is 22.0 Å². The van der Waals surface area contributed by atoms with Crippen LogP contribution in [0.1, 0.15) is 19.4 Å². The summed E-state index contributed by atoms with van der Waals surface area (Å²) in [6.07, 6.45) is -4.45. The zero-order valence-corrected chi connectivity index (χ0v) is 12.7. The number of carbonyl (C=O) groups is 1. The molecule has 1 aromatic rings. The zero-order chi connectivity index (χ0) is 14.1. The van der Waals surface area contributed by atoms with Gasteiger partial charge in [-0.2, -0.15) is 13.2 Å². The van der Waals surface area contributed by atoms with Crippen molar-refractivity contribution in [1.82, 2.24) is 0 Å². The molecule has 1 amide bonds. The highest BCUT2D eigenvalue weighted by molar-refractivity contribution is 9.10. The average Bonchev–Trinajstić information content (AvgIpc) is 2.13. The van der Waals surface area contributed by atoms with Gasteiger partial charge in [-0.3, -0.25) is 4.79 Å². The van der Waals surface area contributed by atoms with Gasteiger partial charge in [-0.15, -0.1) is 0 Å². The van der Waals surface area contributed by atoms with Crippen molar-refractivity contribution >= 4 is 43.5 Å². The molecule has 0 bridgehead atoms. The standard InChI is InChI=1S/C11H10Br2F3NO/c1-10(2,13)9(18)17-8-4-6(11(14,15)16)3-7(12)5-8/h3-5H,1-2H3,(H,17,18). The summed E-state index contributed by atoms with van der Waals surface area (Å²) in [4.78, 5) is 11.7. The van der Waals surface area contributed by atoms with Crippen molar-refractivity contribution in [2.24, 2.45) is 0 Å². The molecular weight excluding hydrogens is 379 g/mol. The van der Waals surface area contributed by atoms with Crippen LogP contribution >= 0.6 is 31.9 Å². The van der Waals surface area contributed by atoms with Gasteiger partial charge in [-0.25, -0.2) is 0 Å². The third-order valence-corrected chi connectivity index (χ3v) is 2.84. The summed E-state index contributed by atoms with van der Waals surface area (Å²) < 4.78 is 37.1. The molecule has 2 nitrogen and oxygen atoms in total. The quantitative estimate of drug-likeness (QED) is 0.738. The average molecular weight is 389 g/mol. The van der Waals surface area contributed by atoms with Crippen LogP contribution < -0.4 is 5.32 Å². The van der Waals surface area contributed by atoms with Crippen LogP contribution in [0.2, 0.25) is 0 Å². The normalized spacial score (nSPS) is 12.4. The lowest BCUT2D eigenvalue weighted by Gasteiger charge is -2.17. The maximum absolute atomic E-state index is 12.6. The van der Waals surface area contributed by atoms with Crippen LogP contribution in [0.15, 0.2) is 22.7 Å². The first-order chi connectivity index (χ1) is 8.00. The predicted molar refractivity (Wildman–Crippen MR) is 70.8 cm³/mol. The van der Waals surface area contributed by atoms with E-state index in [0.29, 0.717) is 0 Å².